The molecule has 12 heavy (non-hydrogen) atoms. The zero-order chi connectivity index (χ0) is 9.99. The summed E-state index contributed by atoms with van der Waals surface area (Å²) in [5.74, 6) is 0. The molecule has 0 aromatic carbocycles. The van der Waals surface area contributed by atoms with E-state index in [1.54, 1.807) is 0 Å². The fourth-order valence-corrected chi connectivity index (χ4v) is 0.864. The van der Waals surface area contributed by atoms with Crippen molar-refractivity contribution in [1.29, 1.82) is 0 Å². The molecule has 0 aliphatic carbocycles. The number of halogens is 1. The first-order chi connectivity index (χ1) is 5.13. The molecule has 0 fully saturated rings. The summed E-state index contributed by atoms with van der Waals surface area (Å²) in [7, 11) is 0. The Morgan fingerprint density at radius 3 is 1.83 bits per heavy atom. The molecular formula is C11H21Br. The van der Waals surface area contributed by atoms with Crippen LogP contribution in [0, 0.1) is 5.41 Å². The minimum Gasteiger partial charge on any atom is -0.0856 e. The molecule has 0 atom stereocenters. The summed E-state index contributed by atoms with van der Waals surface area (Å²) in [6.45, 7) is 13.3. The van der Waals surface area contributed by atoms with Gasteiger partial charge in [0, 0.05) is 4.32 Å². The number of rotatable bonds is 2. The Morgan fingerprint density at radius 1 is 1.17 bits per heavy atom. The fourth-order valence-electron chi connectivity index (χ4n) is 0.702. The highest BCUT2D eigenvalue weighted by Gasteiger charge is 2.15. The van der Waals surface area contributed by atoms with Crippen LogP contribution in [0.25, 0.3) is 0 Å². The van der Waals surface area contributed by atoms with Crippen LogP contribution in [0.1, 0.15) is 48.0 Å². The summed E-state index contributed by atoms with van der Waals surface area (Å²) >= 11 is 3.63. The van der Waals surface area contributed by atoms with Crippen molar-refractivity contribution >= 4 is 15.9 Å². The molecular weight excluding hydrogens is 212 g/mol. The standard InChI is InChI=1S/C11H21Br/c1-9(10(2,3)4)7-8-11(5,6)12/h7H,8H2,1-6H3/b9-7+. The van der Waals surface area contributed by atoms with Crippen LogP contribution in [0.4, 0.5) is 0 Å². The van der Waals surface area contributed by atoms with Gasteiger partial charge >= 0.3 is 0 Å². The summed E-state index contributed by atoms with van der Waals surface area (Å²) in [6.07, 6.45) is 3.42. The summed E-state index contributed by atoms with van der Waals surface area (Å²) in [5, 5.41) is 0. The van der Waals surface area contributed by atoms with E-state index in [9.17, 15) is 0 Å². The van der Waals surface area contributed by atoms with Crippen LogP contribution < -0.4 is 0 Å². The molecule has 0 amide bonds. The molecule has 0 saturated carbocycles. The van der Waals surface area contributed by atoms with Gasteiger partial charge in [0.2, 0.25) is 0 Å². The monoisotopic (exact) mass is 232 g/mol. The zero-order valence-corrected chi connectivity index (χ0v) is 10.7. The van der Waals surface area contributed by atoms with Gasteiger partial charge in [-0.2, -0.15) is 0 Å². The van der Waals surface area contributed by atoms with Crippen LogP contribution in [0.5, 0.6) is 0 Å². The highest BCUT2D eigenvalue weighted by molar-refractivity contribution is 9.10. The molecule has 0 heterocycles. The highest BCUT2D eigenvalue weighted by Crippen LogP contribution is 2.28. The van der Waals surface area contributed by atoms with Gasteiger partial charge in [-0.3, -0.25) is 0 Å². The first-order valence-corrected chi connectivity index (χ1v) is 5.28. The average Bonchev–Trinajstić information content (AvgIpc) is 1.78. The fraction of sp³-hybridized carbons (Fsp3) is 0.818. The van der Waals surface area contributed by atoms with E-state index in [0.29, 0.717) is 5.41 Å². The SMILES string of the molecule is C/C(=C\CC(C)(C)Br)C(C)(C)C. The van der Waals surface area contributed by atoms with Crippen LogP contribution >= 0.6 is 15.9 Å². The van der Waals surface area contributed by atoms with Gasteiger partial charge in [-0.15, -0.1) is 0 Å². The molecule has 0 N–H and O–H groups in total. The van der Waals surface area contributed by atoms with Crippen molar-refractivity contribution in [2.45, 2.75) is 52.3 Å². The van der Waals surface area contributed by atoms with E-state index in [1.165, 1.54) is 5.57 Å². The first kappa shape index (κ1) is 12.2. The molecule has 0 rings (SSSR count). The summed E-state index contributed by atoms with van der Waals surface area (Å²) in [5.41, 5.74) is 1.79. The van der Waals surface area contributed by atoms with E-state index in [1.807, 2.05) is 0 Å². The molecule has 0 nitrogen and oxygen atoms in total. The molecule has 0 unspecified atom stereocenters. The number of hydrogen-bond acceptors (Lipinski definition) is 0. The number of alkyl halides is 1. The summed E-state index contributed by atoms with van der Waals surface area (Å²) < 4.78 is 0.236. The predicted molar refractivity (Wildman–Crippen MR) is 60.8 cm³/mol. The van der Waals surface area contributed by atoms with Crippen molar-refractivity contribution in [3.63, 3.8) is 0 Å². The third-order valence-electron chi connectivity index (χ3n) is 2.08. The smallest absolute Gasteiger partial charge is 0.0236 e. The molecule has 0 aliphatic rings. The molecule has 0 aliphatic heterocycles. The van der Waals surface area contributed by atoms with Gasteiger partial charge in [-0.25, -0.2) is 0 Å². The van der Waals surface area contributed by atoms with Crippen LogP contribution in [0.2, 0.25) is 0 Å². The van der Waals surface area contributed by atoms with E-state index >= 15 is 0 Å². The second-order valence-corrected chi connectivity index (χ2v) is 7.21. The van der Waals surface area contributed by atoms with Crippen molar-refractivity contribution in [3.8, 4) is 0 Å². The van der Waals surface area contributed by atoms with Crippen LogP contribution in [-0.2, 0) is 0 Å². The molecule has 72 valence electrons. The predicted octanol–water partition coefficient (Wildman–Crippen LogP) is 4.54. The van der Waals surface area contributed by atoms with Gasteiger partial charge in [-0.1, -0.05) is 48.4 Å². The lowest BCUT2D eigenvalue weighted by molar-refractivity contribution is 0.499. The van der Waals surface area contributed by atoms with E-state index in [0.717, 1.165) is 6.42 Å². The molecule has 1 heteroatoms. The van der Waals surface area contributed by atoms with Crippen LogP contribution in [0.3, 0.4) is 0 Å². The Kier molecular flexibility index (Phi) is 4.02. The lowest BCUT2D eigenvalue weighted by Crippen LogP contribution is -2.10. The summed E-state index contributed by atoms with van der Waals surface area (Å²) in [4.78, 5) is 0. The zero-order valence-electron chi connectivity index (χ0n) is 9.16. The largest absolute Gasteiger partial charge is 0.0856 e. The molecule has 0 bridgehead atoms. The number of allylic oxidation sites excluding steroid dienone is 2. The maximum atomic E-state index is 3.63. The van der Waals surface area contributed by atoms with Crippen LogP contribution in [0.15, 0.2) is 11.6 Å². The van der Waals surface area contributed by atoms with Crippen LogP contribution in [-0.4, -0.2) is 4.32 Å². The van der Waals surface area contributed by atoms with Gasteiger partial charge in [0.05, 0.1) is 0 Å². The van der Waals surface area contributed by atoms with E-state index < -0.39 is 0 Å². The van der Waals surface area contributed by atoms with Gasteiger partial charge < -0.3 is 0 Å². The molecule has 0 aromatic heterocycles. The minimum absolute atomic E-state index is 0.236. The van der Waals surface area contributed by atoms with Crippen molar-refractivity contribution < 1.29 is 0 Å². The molecule has 0 aromatic rings. The average molecular weight is 233 g/mol. The van der Waals surface area contributed by atoms with Crippen molar-refractivity contribution in [3.05, 3.63) is 11.6 Å². The molecule has 0 saturated heterocycles. The third kappa shape index (κ3) is 5.82. The Hall–Kier alpha value is 0.220. The van der Waals surface area contributed by atoms with Gasteiger partial charge in [0.1, 0.15) is 0 Å². The lowest BCUT2D eigenvalue weighted by Gasteiger charge is -2.21. The third-order valence-corrected chi connectivity index (χ3v) is 2.40. The summed E-state index contributed by atoms with van der Waals surface area (Å²) in [6, 6.07) is 0. The molecule has 0 radical (unpaired) electrons. The van der Waals surface area contributed by atoms with E-state index in [2.05, 4.69) is 63.5 Å². The lowest BCUT2D eigenvalue weighted by atomic mass is 9.86. The Labute approximate surface area is 85.6 Å². The Morgan fingerprint density at radius 2 is 1.58 bits per heavy atom. The van der Waals surface area contributed by atoms with Gasteiger partial charge in [0.15, 0.2) is 0 Å². The van der Waals surface area contributed by atoms with Gasteiger partial charge in [0.25, 0.3) is 0 Å². The van der Waals surface area contributed by atoms with Crippen molar-refractivity contribution in [2.24, 2.45) is 5.41 Å². The normalized spacial score (nSPS) is 15.1. The van der Waals surface area contributed by atoms with Gasteiger partial charge in [-0.05, 0) is 32.6 Å². The topological polar surface area (TPSA) is 0 Å². The highest BCUT2D eigenvalue weighted by atomic mass is 79.9. The second-order valence-electron chi connectivity index (χ2n) is 5.06. The van der Waals surface area contributed by atoms with E-state index in [4.69, 9.17) is 0 Å². The Balaban J connectivity index is 4.21. The van der Waals surface area contributed by atoms with Crippen molar-refractivity contribution in [2.75, 3.05) is 0 Å². The molecule has 0 spiro atoms. The minimum atomic E-state index is 0.236. The van der Waals surface area contributed by atoms with Crippen molar-refractivity contribution in [1.82, 2.24) is 0 Å². The maximum absolute atomic E-state index is 3.63. The Bertz CT molecular complexity index is 164. The second kappa shape index (κ2) is 3.95. The maximum Gasteiger partial charge on any atom is 0.0236 e. The number of hydrogen-bond donors (Lipinski definition) is 0. The van der Waals surface area contributed by atoms with E-state index in [-0.39, 0.29) is 4.32 Å². The quantitative estimate of drug-likeness (QED) is 0.485. The first-order valence-electron chi connectivity index (χ1n) is 4.49.